The van der Waals surface area contributed by atoms with E-state index in [1.807, 2.05) is 30.3 Å². The van der Waals surface area contributed by atoms with Gasteiger partial charge in [-0.05, 0) is 5.56 Å². The molecule has 0 aliphatic heterocycles. The van der Waals surface area contributed by atoms with Gasteiger partial charge < -0.3 is 5.32 Å². The van der Waals surface area contributed by atoms with Crippen LogP contribution < -0.4 is 5.32 Å². The first-order valence-corrected chi connectivity index (χ1v) is 5.40. The third-order valence-electron chi connectivity index (χ3n) is 2.31. The van der Waals surface area contributed by atoms with E-state index in [0.717, 1.165) is 10.2 Å². The Morgan fingerprint density at radius 3 is 2.56 bits per heavy atom. The minimum absolute atomic E-state index is 0.554. The summed E-state index contributed by atoms with van der Waals surface area (Å²) in [4.78, 5) is 0. The molecule has 2 rings (SSSR count). The van der Waals surface area contributed by atoms with Crippen molar-refractivity contribution in [3.05, 3.63) is 48.3 Å². The first kappa shape index (κ1) is 12.5. The fourth-order valence-corrected chi connectivity index (χ4v) is 1.53. The van der Waals surface area contributed by atoms with Gasteiger partial charge in [-0.3, -0.25) is 4.68 Å². The van der Waals surface area contributed by atoms with Crippen LogP contribution in [0.5, 0.6) is 0 Å². The fourth-order valence-electron chi connectivity index (χ4n) is 1.53. The summed E-state index contributed by atoms with van der Waals surface area (Å²) in [5.41, 5.74) is 1.63. The van der Waals surface area contributed by atoms with E-state index in [-0.39, 0.29) is 0 Å². The van der Waals surface area contributed by atoms with Crippen LogP contribution in [-0.4, -0.2) is 16.0 Å². The Bertz CT molecular complexity index is 491. The minimum Gasteiger partial charge on any atom is -0.378 e. The number of nitrogens with one attached hydrogen (secondary N) is 1. The number of anilines is 1. The fraction of sp³-hybridized carbons (Fsp3) is 0.250. The SMILES string of the molecule is FC(F)(F)Cn1cc(NCc2ccccc2)cn1. The number of halogens is 3. The van der Waals surface area contributed by atoms with E-state index in [1.165, 1.54) is 12.4 Å². The minimum atomic E-state index is -4.25. The van der Waals surface area contributed by atoms with Crippen molar-refractivity contribution in [2.45, 2.75) is 19.3 Å². The highest BCUT2D eigenvalue weighted by atomic mass is 19.4. The van der Waals surface area contributed by atoms with Gasteiger partial charge in [0.25, 0.3) is 0 Å². The molecule has 0 amide bonds. The summed E-state index contributed by atoms with van der Waals surface area (Å²) in [7, 11) is 0. The Hall–Kier alpha value is -1.98. The molecule has 0 radical (unpaired) electrons. The van der Waals surface area contributed by atoms with Crippen LogP contribution in [0.25, 0.3) is 0 Å². The number of benzene rings is 1. The Kier molecular flexibility index (Phi) is 3.55. The van der Waals surface area contributed by atoms with Gasteiger partial charge in [0.1, 0.15) is 6.54 Å². The molecule has 0 aliphatic carbocycles. The molecule has 1 aromatic heterocycles. The van der Waals surface area contributed by atoms with Gasteiger partial charge in [-0.1, -0.05) is 30.3 Å². The monoisotopic (exact) mass is 255 g/mol. The van der Waals surface area contributed by atoms with Gasteiger partial charge in [0.05, 0.1) is 11.9 Å². The zero-order valence-corrected chi connectivity index (χ0v) is 9.48. The van der Waals surface area contributed by atoms with Crippen LogP contribution in [0, 0.1) is 0 Å². The van der Waals surface area contributed by atoms with E-state index in [4.69, 9.17) is 0 Å². The number of hydrogen-bond acceptors (Lipinski definition) is 2. The van der Waals surface area contributed by atoms with Gasteiger partial charge in [0.15, 0.2) is 0 Å². The van der Waals surface area contributed by atoms with Crippen molar-refractivity contribution in [3.63, 3.8) is 0 Å². The second kappa shape index (κ2) is 5.12. The molecule has 0 saturated heterocycles. The van der Waals surface area contributed by atoms with E-state index in [9.17, 15) is 13.2 Å². The zero-order valence-electron chi connectivity index (χ0n) is 9.48. The smallest absolute Gasteiger partial charge is 0.378 e. The second-order valence-corrected chi connectivity index (χ2v) is 3.88. The molecule has 3 nitrogen and oxygen atoms in total. The Balaban J connectivity index is 1.91. The van der Waals surface area contributed by atoms with Crippen molar-refractivity contribution in [3.8, 4) is 0 Å². The van der Waals surface area contributed by atoms with Crippen LogP contribution in [0.15, 0.2) is 42.7 Å². The van der Waals surface area contributed by atoms with Crippen LogP contribution in [0.1, 0.15) is 5.56 Å². The summed E-state index contributed by atoms with van der Waals surface area (Å²) in [6.45, 7) is -0.515. The maximum absolute atomic E-state index is 12.1. The summed E-state index contributed by atoms with van der Waals surface area (Å²) in [5.74, 6) is 0. The van der Waals surface area contributed by atoms with Crippen LogP contribution in [0.2, 0.25) is 0 Å². The lowest BCUT2D eigenvalue weighted by molar-refractivity contribution is -0.142. The molecule has 0 aliphatic rings. The average Bonchev–Trinajstić information content (AvgIpc) is 2.73. The molecule has 1 heterocycles. The van der Waals surface area contributed by atoms with E-state index in [2.05, 4.69) is 10.4 Å². The van der Waals surface area contributed by atoms with Crippen molar-refractivity contribution < 1.29 is 13.2 Å². The summed E-state index contributed by atoms with van der Waals surface area (Å²) < 4.78 is 37.2. The van der Waals surface area contributed by atoms with Crippen molar-refractivity contribution >= 4 is 5.69 Å². The molecule has 0 fully saturated rings. The largest absolute Gasteiger partial charge is 0.408 e. The van der Waals surface area contributed by atoms with Gasteiger partial charge in [-0.2, -0.15) is 18.3 Å². The normalized spacial score (nSPS) is 11.5. The van der Waals surface area contributed by atoms with E-state index < -0.39 is 12.7 Å². The molecule has 1 aromatic carbocycles. The lowest BCUT2D eigenvalue weighted by atomic mass is 10.2. The van der Waals surface area contributed by atoms with E-state index >= 15 is 0 Å². The number of alkyl halides is 3. The van der Waals surface area contributed by atoms with Gasteiger partial charge in [0, 0.05) is 12.7 Å². The van der Waals surface area contributed by atoms with Crippen LogP contribution >= 0.6 is 0 Å². The maximum atomic E-state index is 12.1. The quantitative estimate of drug-likeness (QED) is 0.910. The first-order chi connectivity index (χ1) is 8.53. The summed E-state index contributed by atoms with van der Waals surface area (Å²) in [6, 6.07) is 9.60. The predicted molar refractivity (Wildman–Crippen MR) is 62.1 cm³/mol. The first-order valence-electron chi connectivity index (χ1n) is 5.40. The van der Waals surface area contributed by atoms with Crippen LogP contribution in [-0.2, 0) is 13.1 Å². The van der Waals surface area contributed by atoms with Gasteiger partial charge in [0.2, 0.25) is 0 Å². The molecular formula is C12H12F3N3. The highest BCUT2D eigenvalue weighted by molar-refractivity contribution is 5.39. The van der Waals surface area contributed by atoms with Gasteiger partial charge in [-0.25, -0.2) is 0 Å². The maximum Gasteiger partial charge on any atom is 0.408 e. The summed E-state index contributed by atoms with van der Waals surface area (Å²) in [5, 5.41) is 6.66. The van der Waals surface area contributed by atoms with Gasteiger partial charge >= 0.3 is 6.18 Å². The molecule has 2 aromatic rings. The number of nitrogens with zero attached hydrogens (tertiary/aromatic N) is 2. The van der Waals surface area contributed by atoms with Gasteiger partial charge in [-0.15, -0.1) is 0 Å². The summed E-state index contributed by atoms with van der Waals surface area (Å²) in [6.07, 6.45) is -1.52. The van der Waals surface area contributed by atoms with Crippen molar-refractivity contribution in [2.75, 3.05) is 5.32 Å². The molecule has 0 saturated carbocycles. The predicted octanol–water partition coefficient (Wildman–Crippen LogP) is 3.06. The molecule has 0 spiro atoms. The molecule has 0 bridgehead atoms. The van der Waals surface area contributed by atoms with Crippen molar-refractivity contribution in [1.29, 1.82) is 0 Å². The molecule has 18 heavy (non-hydrogen) atoms. The Morgan fingerprint density at radius 2 is 1.89 bits per heavy atom. The summed E-state index contributed by atoms with van der Waals surface area (Å²) >= 11 is 0. The lowest BCUT2D eigenvalue weighted by Crippen LogP contribution is -2.17. The molecule has 0 unspecified atom stereocenters. The highest BCUT2D eigenvalue weighted by Crippen LogP contribution is 2.18. The number of aromatic nitrogens is 2. The molecule has 6 heteroatoms. The zero-order chi connectivity index (χ0) is 13.0. The molecular weight excluding hydrogens is 243 g/mol. The molecule has 0 atom stereocenters. The van der Waals surface area contributed by atoms with Crippen LogP contribution in [0.3, 0.4) is 0 Å². The van der Waals surface area contributed by atoms with E-state index in [0.29, 0.717) is 12.2 Å². The Labute approximate surface area is 102 Å². The third kappa shape index (κ3) is 3.80. The molecule has 96 valence electrons. The standard InChI is InChI=1S/C12H12F3N3/c13-12(14,15)9-18-8-11(7-17-18)16-6-10-4-2-1-3-5-10/h1-5,7-8,16H,6,9H2. The lowest BCUT2D eigenvalue weighted by Gasteiger charge is -2.05. The van der Waals surface area contributed by atoms with Crippen LogP contribution in [0.4, 0.5) is 18.9 Å². The van der Waals surface area contributed by atoms with E-state index in [1.54, 1.807) is 0 Å². The third-order valence-corrected chi connectivity index (χ3v) is 2.31. The highest BCUT2D eigenvalue weighted by Gasteiger charge is 2.28. The van der Waals surface area contributed by atoms with Crippen molar-refractivity contribution in [1.82, 2.24) is 9.78 Å². The van der Waals surface area contributed by atoms with Crippen molar-refractivity contribution in [2.24, 2.45) is 0 Å². The second-order valence-electron chi connectivity index (χ2n) is 3.88. The topological polar surface area (TPSA) is 29.9 Å². The number of hydrogen-bond donors (Lipinski definition) is 1. The average molecular weight is 255 g/mol. The molecule has 1 N–H and O–H groups in total. The number of rotatable bonds is 4. The Morgan fingerprint density at radius 1 is 1.17 bits per heavy atom.